The van der Waals surface area contributed by atoms with Crippen molar-refractivity contribution in [2.75, 3.05) is 5.75 Å². The third kappa shape index (κ3) is 4.26. The van der Waals surface area contributed by atoms with Crippen LogP contribution in [0.1, 0.15) is 17.5 Å². The second kappa shape index (κ2) is 9.87. The van der Waals surface area contributed by atoms with E-state index in [1.807, 2.05) is 72.9 Å². The topological polar surface area (TPSA) is 101 Å². The van der Waals surface area contributed by atoms with E-state index in [-0.39, 0.29) is 34.0 Å². The fourth-order valence-electron chi connectivity index (χ4n) is 4.46. The van der Waals surface area contributed by atoms with Crippen molar-refractivity contribution in [1.29, 1.82) is 5.41 Å². The van der Waals surface area contributed by atoms with Crippen LogP contribution in [0.15, 0.2) is 72.9 Å². The van der Waals surface area contributed by atoms with Crippen LogP contribution in [0.2, 0.25) is 0 Å². The molecule has 0 unspecified atom stereocenters. The van der Waals surface area contributed by atoms with Gasteiger partial charge in [0.1, 0.15) is 0 Å². The first kappa shape index (κ1) is 23.8. The summed E-state index contributed by atoms with van der Waals surface area (Å²) in [6.07, 6.45) is 2.78. The van der Waals surface area contributed by atoms with Gasteiger partial charge in [-0.1, -0.05) is 72.4 Å². The number of carbonyl (C=O) groups is 2. The summed E-state index contributed by atoms with van der Waals surface area (Å²) in [6.45, 7) is 0.716. The van der Waals surface area contributed by atoms with Crippen molar-refractivity contribution in [2.45, 2.75) is 13.0 Å². The maximum atomic E-state index is 13.1. The number of para-hydroxylation sites is 1. The zero-order valence-corrected chi connectivity index (χ0v) is 20.7. The Bertz CT molecular complexity index is 1470. The molecular formula is C26H23BrN4O2S. The van der Waals surface area contributed by atoms with E-state index in [9.17, 15) is 9.59 Å². The third-order valence-corrected chi connectivity index (χ3v) is 6.65. The number of nitrogens with zero attached hydrogens (tertiary/aromatic N) is 1. The summed E-state index contributed by atoms with van der Waals surface area (Å²) in [4.78, 5) is 26.1. The van der Waals surface area contributed by atoms with Gasteiger partial charge in [-0.15, -0.1) is 17.0 Å². The average molecular weight is 535 g/mol. The van der Waals surface area contributed by atoms with E-state index in [1.54, 1.807) is 0 Å². The summed E-state index contributed by atoms with van der Waals surface area (Å²) in [6, 6.07) is 21.6. The summed E-state index contributed by atoms with van der Waals surface area (Å²) in [7, 11) is 0. The van der Waals surface area contributed by atoms with Crippen LogP contribution in [0.5, 0.6) is 0 Å². The first-order valence-corrected chi connectivity index (χ1v) is 11.7. The number of imide groups is 1. The molecule has 1 aromatic heterocycles. The Morgan fingerprint density at radius 2 is 1.53 bits per heavy atom. The van der Waals surface area contributed by atoms with Crippen molar-refractivity contribution >= 4 is 78.5 Å². The summed E-state index contributed by atoms with van der Waals surface area (Å²) >= 11 is 1.32. The van der Waals surface area contributed by atoms with Crippen LogP contribution in [0.25, 0.3) is 32.8 Å². The molecule has 8 heteroatoms. The van der Waals surface area contributed by atoms with E-state index in [0.717, 1.165) is 45.0 Å². The Morgan fingerprint density at radius 3 is 2.29 bits per heavy atom. The molecule has 34 heavy (non-hydrogen) atoms. The number of aromatic nitrogens is 1. The van der Waals surface area contributed by atoms with Gasteiger partial charge in [0, 0.05) is 35.0 Å². The van der Waals surface area contributed by atoms with E-state index in [4.69, 9.17) is 11.1 Å². The number of hydrogen-bond acceptors (Lipinski definition) is 4. The molecule has 0 saturated carbocycles. The molecule has 0 bridgehead atoms. The highest BCUT2D eigenvalue weighted by atomic mass is 79.9. The molecule has 4 N–H and O–H groups in total. The van der Waals surface area contributed by atoms with Gasteiger partial charge in [-0.2, -0.15) is 0 Å². The normalized spacial score (nSPS) is 13.4. The van der Waals surface area contributed by atoms with Gasteiger partial charge < -0.3 is 10.3 Å². The summed E-state index contributed by atoms with van der Waals surface area (Å²) in [5, 5.41) is 12.9. The molecule has 1 aliphatic heterocycles. The van der Waals surface area contributed by atoms with Gasteiger partial charge in [0.15, 0.2) is 5.17 Å². The van der Waals surface area contributed by atoms with E-state index in [1.165, 1.54) is 11.8 Å². The lowest BCUT2D eigenvalue weighted by atomic mass is 9.92. The lowest BCUT2D eigenvalue weighted by Crippen LogP contribution is -2.22. The second-order valence-electron chi connectivity index (χ2n) is 7.88. The van der Waals surface area contributed by atoms with E-state index in [0.29, 0.717) is 17.7 Å². The van der Waals surface area contributed by atoms with Crippen LogP contribution >= 0.6 is 28.7 Å². The molecule has 172 valence electrons. The first-order chi connectivity index (χ1) is 16.0. The van der Waals surface area contributed by atoms with Gasteiger partial charge in [-0.05, 0) is 28.8 Å². The van der Waals surface area contributed by atoms with Gasteiger partial charge in [0.2, 0.25) is 0 Å². The van der Waals surface area contributed by atoms with Crippen LogP contribution in [0.3, 0.4) is 0 Å². The fourth-order valence-corrected chi connectivity index (χ4v) is 4.95. The number of rotatable bonds is 6. The van der Waals surface area contributed by atoms with E-state index >= 15 is 0 Å². The molecule has 5 rings (SSSR count). The van der Waals surface area contributed by atoms with Crippen LogP contribution in [-0.4, -0.2) is 27.3 Å². The summed E-state index contributed by atoms with van der Waals surface area (Å²) < 4.78 is 2.11. The zero-order chi connectivity index (χ0) is 22.9. The number of nitrogens with two attached hydrogens (primary N) is 1. The Kier molecular flexibility index (Phi) is 6.90. The van der Waals surface area contributed by atoms with Gasteiger partial charge in [-0.3, -0.25) is 20.3 Å². The number of hydrogen-bond donors (Lipinski definition) is 3. The van der Waals surface area contributed by atoms with Crippen LogP contribution in [0.4, 0.5) is 0 Å². The van der Waals surface area contributed by atoms with Crippen LogP contribution < -0.4 is 11.1 Å². The highest BCUT2D eigenvalue weighted by molar-refractivity contribution is 8.93. The quantitative estimate of drug-likeness (QED) is 0.141. The van der Waals surface area contributed by atoms with Crippen molar-refractivity contribution in [3.63, 3.8) is 0 Å². The maximum Gasteiger partial charge on any atom is 0.259 e. The number of benzene rings is 3. The molecule has 2 heterocycles. The maximum absolute atomic E-state index is 13.1. The lowest BCUT2D eigenvalue weighted by Gasteiger charge is -2.08. The minimum absolute atomic E-state index is 0. The summed E-state index contributed by atoms with van der Waals surface area (Å²) in [5.74, 6) is -0.0147. The Hall–Kier alpha value is -3.36. The van der Waals surface area contributed by atoms with Crippen molar-refractivity contribution in [2.24, 2.45) is 5.73 Å². The van der Waals surface area contributed by atoms with Crippen molar-refractivity contribution < 1.29 is 9.59 Å². The molecule has 0 spiro atoms. The number of carbonyl (C=O) groups excluding carboxylic acids is 2. The lowest BCUT2D eigenvalue weighted by molar-refractivity contribution is -0.122. The Balaban J connectivity index is 0.00000274. The minimum Gasteiger partial charge on any atom is -0.379 e. The molecular weight excluding hydrogens is 512 g/mol. The highest BCUT2D eigenvalue weighted by Gasteiger charge is 2.34. The van der Waals surface area contributed by atoms with Crippen molar-refractivity contribution in [3.05, 3.63) is 84.1 Å². The Labute approximate surface area is 211 Å². The number of fused-ring (bicyclic) bond motifs is 2. The Morgan fingerprint density at radius 1 is 0.882 bits per heavy atom. The highest BCUT2D eigenvalue weighted by Crippen LogP contribution is 2.38. The van der Waals surface area contributed by atoms with Crippen molar-refractivity contribution in [1.82, 2.24) is 9.88 Å². The first-order valence-electron chi connectivity index (χ1n) is 10.7. The average Bonchev–Trinajstić information content (AvgIpc) is 3.32. The van der Waals surface area contributed by atoms with Gasteiger partial charge in [-0.25, -0.2) is 0 Å². The van der Waals surface area contributed by atoms with Crippen molar-refractivity contribution in [3.8, 4) is 0 Å². The van der Waals surface area contributed by atoms with Gasteiger partial charge in [0.25, 0.3) is 11.8 Å². The predicted molar refractivity (Wildman–Crippen MR) is 145 cm³/mol. The molecule has 0 aliphatic carbocycles. The standard InChI is InChI=1S/C26H22N4O2S.BrH/c27-26(28)33-14-6-13-30-15-20(18-10-3-4-12-21(18)30)23-22(24(31)29-25(23)32)19-11-5-8-16-7-1-2-9-17(16)19;/h1-5,7-12,15H,6,13-14H2,(H3,27,28)(H,29,31,32);1H. The number of nitrogens with one attached hydrogen (secondary N) is 2. The second-order valence-corrected chi connectivity index (χ2v) is 9.02. The van der Waals surface area contributed by atoms with Crippen LogP contribution in [0, 0.1) is 5.41 Å². The molecule has 0 atom stereocenters. The minimum atomic E-state index is -0.377. The SMILES string of the molecule is Br.N=C(N)SCCCn1cc(C2=C(c3cccc4ccccc34)C(=O)NC2=O)c2ccccc21. The number of halogens is 1. The molecule has 1 aliphatic rings. The molecule has 3 aromatic carbocycles. The molecule has 0 fully saturated rings. The monoisotopic (exact) mass is 534 g/mol. The van der Waals surface area contributed by atoms with Gasteiger partial charge >= 0.3 is 0 Å². The fraction of sp³-hybridized carbons (Fsp3) is 0.115. The number of amides is 2. The van der Waals surface area contributed by atoms with Crippen LogP contribution in [-0.2, 0) is 16.1 Å². The third-order valence-electron chi connectivity index (χ3n) is 5.85. The van der Waals surface area contributed by atoms with Gasteiger partial charge in [0.05, 0.1) is 11.1 Å². The predicted octanol–water partition coefficient (Wildman–Crippen LogP) is 4.96. The molecule has 6 nitrogen and oxygen atoms in total. The summed E-state index contributed by atoms with van der Waals surface area (Å²) in [5.41, 5.74) is 8.76. The molecule has 2 amide bonds. The zero-order valence-electron chi connectivity index (χ0n) is 18.2. The van der Waals surface area contributed by atoms with E-state index < -0.39 is 0 Å². The molecule has 4 aromatic rings. The molecule has 0 saturated heterocycles. The number of thioether (sulfide) groups is 1. The smallest absolute Gasteiger partial charge is 0.259 e. The number of aryl methyl sites for hydroxylation is 1. The van der Waals surface area contributed by atoms with E-state index in [2.05, 4.69) is 9.88 Å². The largest absolute Gasteiger partial charge is 0.379 e. The molecule has 0 radical (unpaired) electrons. The number of amidine groups is 1.